The van der Waals surface area contributed by atoms with E-state index >= 15 is 0 Å². The zero-order valence-corrected chi connectivity index (χ0v) is 17.4. The van der Waals surface area contributed by atoms with E-state index in [0.717, 1.165) is 21.9 Å². The molecule has 0 N–H and O–H groups in total. The molecular weight excluding hydrogens is 384 g/mol. The van der Waals surface area contributed by atoms with Crippen molar-refractivity contribution >= 4 is 28.8 Å². The summed E-state index contributed by atoms with van der Waals surface area (Å²) in [4.78, 5) is 30.9. The summed E-state index contributed by atoms with van der Waals surface area (Å²) >= 11 is 1.59. The smallest absolute Gasteiger partial charge is 0.228 e. The van der Waals surface area contributed by atoms with Crippen LogP contribution < -0.4 is 4.90 Å². The van der Waals surface area contributed by atoms with Crippen LogP contribution in [0.4, 0.5) is 5.69 Å². The van der Waals surface area contributed by atoms with Gasteiger partial charge < -0.3 is 14.2 Å². The monoisotopic (exact) mass is 408 g/mol. The van der Waals surface area contributed by atoms with Crippen LogP contribution in [0.15, 0.2) is 64.6 Å². The number of hydrogen-bond acceptors (Lipinski definition) is 4. The second-order valence-electron chi connectivity index (χ2n) is 7.48. The fraction of sp³-hybridized carbons (Fsp3) is 0.304. The van der Waals surface area contributed by atoms with E-state index in [1.807, 2.05) is 65.7 Å². The lowest BCUT2D eigenvalue weighted by atomic mass is 9.86. The van der Waals surface area contributed by atoms with E-state index in [2.05, 4.69) is 0 Å². The van der Waals surface area contributed by atoms with Crippen LogP contribution >= 0.6 is 11.3 Å². The van der Waals surface area contributed by atoms with Gasteiger partial charge in [0, 0.05) is 24.0 Å². The zero-order valence-electron chi connectivity index (χ0n) is 16.6. The number of rotatable bonds is 5. The number of thiophene rings is 1. The predicted molar refractivity (Wildman–Crippen MR) is 114 cm³/mol. The van der Waals surface area contributed by atoms with Crippen LogP contribution in [-0.2, 0) is 16.1 Å². The van der Waals surface area contributed by atoms with Crippen molar-refractivity contribution in [2.45, 2.75) is 32.4 Å². The summed E-state index contributed by atoms with van der Waals surface area (Å²) in [5, 5.41) is 2.00. The molecule has 2 amide bonds. The van der Waals surface area contributed by atoms with Crippen molar-refractivity contribution in [3.63, 3.8) is 0 Å². The number of carbonyl (C=O) groups is 2. The number of amides is 2. The summed E-state index contributed by atoms with van der Waals surface area (Å²) < 4.78 is 5.40. The molecule has 1 saturated heterocycles. The summed E-state index contributed by atoms with van der Waals surface area (Å²) in [7, 11) is 1.79. The minimum atomic E-state index is -0.300. The van der Waals surface area contributed by atoms with Crippen LogP contribution in [0.3, 0.4) is 0 Å². The summed E-state index contributed by atoms with van der Waals surface area (Å²) in [6.07, 6.45) is 2.52. The Balaban J connectivity index is 1.67. The van der Waals surface area contributed by atoms with Crippen LogP contribution in [-0.4, -0.2) is 23.8 Å². The van der Waals surface area contributed by atoms with Gasteiger partial charge in [-0.25, -0.2) is 0 Å². The molecule has 150 valence electrons. The van der Waals surface area contributed by atoms with Crippen molar-refractivity contribution in [2.75, 3.05) is 11.9 Å². The van der Waals surface area contributed by atoms with Gasteiger partial charge in [-0.05, 0) is 49.1 Å². The largest absolute Gasteiger partial charge is 0.467 e. The van der Waals surface area contributed by atoms with Gasteiger partial charge in [0.05, 0.1) is 24.8 Å². The Morgan fingerprint density at radius 3 is 2.66 bits per heavy atom. The molecule has 0 spiro atoms. The first kappa shape index (κ1) is 19.5. The number of piperidine rings is 1. The van der Waals surface area contributed by atoms with E-state index in [9.17, 15) is 9.59 Å². The number of nitrogens with zero attached hydrogens (tertiary/aromatic N) is 2. The first-order chi connectivity index (χ1) is 14.0. The van der Waals surface area contributed by atoms with Crippen LogP contribution in [0.5, 0.6) is 0 Å². The average molecular weight is 409 g/mol. The van der Waals surface area contributed by atoms with Gasteiger partial charge in [0.1, 0.15) is 5.76 Å². The summed E-state index contributed by atoms with van der Waals surface area (Å²) in [6, 6.07) is 15.3. The topological polar surface area (TPSA) is 53.8 Å². The van der Waals surface area contributed by atoms with Crippen molar-refractivity contribution in [1.29, 1.82) is 0 Å². The van der Waals surface area contributed by atoms with Gasteiger partial charge in [-0.15, -0.1) is 11.3 Å². The van der Waals surface area contributed by atoms with E-state index in [1.165, 1.54) is 0 Å². The lowest BCUT2D eigenvalue weighted by molar-refractivity contribution is -0.137. The molecule has 0 radical (unpaired) electrons. The first-order valence-corrected chi connectivity index (χ1v) is 10.6. The molecule has 1 aliphatic heterocycles. The van der Waals surface area contributed by atoms with Crippen LogP contribution in [0.2, 0.25) is 0 Å². The van der Waals surface area contributed by atoms with Crippen molar-refractivity contribution in [3.05, 3.63) is 76.4 Å². The minimum absolute atomic E-state index is 0.0319. The fourth-order valence-electron chi connectivity index (χ4n) is 3.94. The molecule has 4 rings (SSSR count). The highest BCUT2D eigenvalue weighted by molar-refractivity contribution is 7.10. The lowest BCUT2D eigenvalue weighted by Gasteiger charge is -2.41. The third kappa shape index (κ3) is 3.98. The third-order valence-electron chi connectivity index (χ3n) is 5.41. The molecule has 0 aliphatic carbocycles. The van der Waals surface area contributed by atoms with Crippen molar-refractivity contribution in [3.8, 4) is 0 Å². The molecule has 1 fully saturated rings. The van der Waals surface area contributed by atoms with E-state index in [-0.39, 0.29) is 23.8 Å². The second kappa shape index (κ2) is 8.25. The molecule has 3 aromatic rings. The molecule has 6 heteroatoms. The quantitative estimate of drug-likeness (QED) is 0.610. The highest BCUT2D eigenvalue weighted by Gasteiger charge is 2.42. The van der Waals surface area contributed by atoms with E-state index in [4.69, 9.17) is 4.42 Å². The van der Waals surface area contributed by atoms with Gasteiger partial charge in [0.25, 0.3) is 0 Å². The van der Waals surface area contributed by atoms with Crippen LogP contribution in [0.25, 0.3) is 0 Å². The maximum atomic E-state index is 13.4. The van der Waals surface area contributed by atoms with Gasteiger partial charge in [-0.2, -0.15) is 0 Å². The molecule has 2 aromatic heterocycles. The Morgan fingerprint density at radius 2 is 2.00 bits per heavy atom. The molecule has 1 aromatic carbocycles. The summed E-state index contributed by atoms with van der Waals surface area (Å²) in [5.41, 5.74) is 1.97. The Morgan fingerprint density at radius 1 is 1.21 bits per heavy atom. The highest BCUT2D eigenvalue weighted by Crippen LogP contribution is 2.42. The summed E-state index contributed by atoms with van der Waals surface area (Å²) in [5.74, 6) is 0.540. The van der Waals surface area contributed by atoms with E-state index < -0.39 is 0 Å². The molecule has 5 nitrogen and oxygen atoms in total. The number of carbonyl (C=O) groups excluding carboxylic acids is 2. The molecule has 3 heterocycles. The molecular formula is C23H24N2O3S. The van der Waals surface area contributed by atoms with Crippen molar-refractivity contribution in [2.24, 2.45) is 5.92 Å². The predicted octanol–water partition coefficient (Wildman–Crippen LogP) is 4.79. The average Bonchev–Trinajstić information content (AvgIpc) is 3.42. The first-order valence-electron chi connectivity index (χ1n) is 9.74. The number of aryl methyl sites for hydroxylation is 1. The Kier molecular flexibility index (Phi) is 5.53. The van der Waals surface area contributed by atoms with Gasteiger partial charge in [0.15, 0.2) is 0 Å². The van der Waals surface area contributed by atoms with Crippen molar-refractivity contribution < 1.29 is 14.0 Å². The highest BCUT2D eigenvalue weighted by atomic mass is 32.1. The normalized spacial score (nSPS) is 19.4. The van der Waals surface area contributed by atoms with Gasteiger partial charge in [-0.3, -0.25) is 9.59 Å². The van der Waals surface area contributed by atoms with Gasteiger partial charge in [0.2, 0.25) is 11.8 Å². The Hall–Kier alpha value is -2.86. The number of benzene rings is 1. The maximum Gasteiger partial charge on any atom is 0.228 e. The number of hydrogen-bond donors (Lipinski definition) is 0. The molecule has 2 unspecified atom stereocenters. The molecule has 2 atom stereocenters. The standard InChI is InChI=1S/C23H24N2O3S/c1-16-7-9-17(10-8-16)25-21(26)12-11-19(22(25)20-6-4-14-29-20)23(27)24(2)15-18-5-3-13-28-18/h3-10,13-14,19,22H,11-12,15H2,1-2H3. The van der Waals surface area contributed by atoms with E-state index in [1.54, 1.807) is 29.5 Å². The third-order valence-corrected chi connectivity index (χ3v) is 6.35. The molecule has 29 heavy (non-hydrogen) atoms. The van der Waals surface area contributed by atoms with Crippen LogP contribution in [0, 0.1) is 12.8 Å². The number of furan rings is 1. The SMILES string of the molecule is Cc1ccc(N2C(=O)CCC(C(=O)N(C)Cc3ccco3)C2c2cccs2)cc1. The molecule has 0 saturated carbocycles. The Labute approximate surface area is 174 Å². The summed E-state index contributed by atoms with van der Waals surface area (Å²) in [6.45, 7) is 2.44. The maximum absolute atomic E-state index is 13.4. The van der Waals surface area contributed by atoms with E-state index in [0.29, 0.717) is 19.4 Å². The minimum Gasteiger partial charge on any atom is -0.467 e. The zero-order chi connectivity index (χ0) is 20.4. The van der Waals surface area contributed by atoms with Crippen molar-refractivity contribution in [1.82, 2.24) is 4.90 Å². The fourth-order valence-corrected chi connectivity index (χ4v) is 4.82. The molecule has 1 aliphatic rings. The number of anilines is 1. The second-order valence-corrected chi connectivity index (χ2v) is 8.46. The lowest BCUT2D eigenvalue weighted by Crippen LogP contribution is -2.48. The van der Waals surface area contributed by atoms with Gasteiger partial charge in [-0.1, -0.05) is 23.8 Å². The van der Waals surface area contributed by atoms with Gasteiger partial charge >= 0.3 is 0 Å². The van der Waals surface area contributed by atoms with Crippen LogP contribution in [0.1, 0.15) is 35.1 Å². The Bertz CT molecular complexity index is 964. The molecule has 0 bridgehead atoms.